The van der Waals surface area contributed by atoms with Crippen molar-refractivity contribution in [3.63, 3.8) is 0 Å². The Bertz CT molecular complexity index is 499. The third-order valence-electron chi connectivity index (χ3n) is 4.10. The molecule has 0 bridgehead atoms. The van der Waals surface area contributed by atoms with Crippen molar-refractivity contribution in [3.05, 3.63) is 32.9 Å². The summed E-state index contributed by atoms with van der Waals surface area (Å²) in [6.45, 7) is 7.78. The van der Waals surface area contributed by atoms with E-state index >= 15 is 0 Å². The minimum absolute atomic E-state index is 0.0102. The van der Waals surface area contributed by atoms with E-state index in [4.69, 9.17) is 5.73 Å². The molecule has 0 radical (unpaired) electrons. The zero-order chi connectivity index (χ0) is 14.2. The van der Waals surface area contributed by atoms with Crippen molar-refractivity contribution in [2.75, 3.05) is 13.1 Å². The summed E-state index contributed by atoms with van der Waals surface area (Å²) in [6.07, 6.45) is 0.877. The highest BCUT2D eigenvalue weighted by atomic mass is 127. The molecule has 1 amide bonds. The van der Waals surface area contributed by atoms with E-state index in [1.54, 1.807) is 0 Å². The standard InChI is InChI=1S/C15H21IN2O/c1-10-11(5-4-6-12(10)16)14(19)18-8-7-13(17)15(2,3)9-18/h4-6,13H,7-9,17H2,1-3H3. The Morgan fingerprint density at radius 2 is 2.16 bits per heavy atom. The van der Waals surface area contributed by atoms with Crippen molar-refractivity contribution >= 4 is 28.5 Å². The smallest absolute Gasteiger partial charge is 0.254 e. The number of carbonyl (C=O) groups is 1. The molecule has 1 aliphatic rings. The highest BCUT2D eigenvalue weighted by molar-refractivity contribution is 14.1. The fourth-order valence-electron chi connectivity index (χ4n) is 2.56. The summed E-state index contributed by atoms with van der Waals surface area (Å²) in [6, 6.07) is 6.07. The van der Waals surface area contributed by atoms with Crippen molar-refractivity contribution in [3.8, 4) is 0 Å². The number of carbonyl (C=O) groups excluding carboxylic acids is 1. The molecule has 2 N–H and O–H groups in total. The van der Waals surface area contributed by atoms with Gasteiger partial charge in [-0.3, -0.25) is 4.79 Å². The van der Waals surface area contributed by atoms with Crippen molar-refractivity contribution in [2.24, 2.45) is 11.1 Å². The lowest BCUT2D eigenvalue weighted by Gasteiger charge is -2.42. The fourth-order valence-corrected chi connectivity index (χ4v) is 3.05. The van der Waals surface area contributed by atoms with E-state index in [2.05, 4.69) is 36.4 Å². The fraction of sp³-hybridized carbons (Fsp3) is 0.533. The molecule has 4 heteroatoms. The molecule has 1 aromatic rings. The minimum atomic E-state index is -0.0102. The summed E-state index contributed by atoms with van der Waals surface area (Å²) in [7, 11) is 0. The molecule has 0 spiro atoms. The summed E-state index contributed by atoms with van der Waals surface area (Å²) in [5, 5.41) is 0. The Morgan fingerprint density at radius 3 is 2.79 bits per heavy atom. The maximum absolute atomic E-state index is 12.6. The number of nitrogens with two attached hydrogens (primary N) is 1. The van der Waals surface area contributed by atoms with E-state index in [9.17, 15) is 4.79 Å². The van der Waals surface area contributed by atoms with Gasteiger partial charge in [0.25, 0.3) is 5.91 Å². The van der Waals surface area contributed by atoms with E-state index in [0.717, 1.165) is 34.2 Å². The molecule has 1 aliphatic heterocycles. The number of halogens is 1. The summed E-state index contributed by atoms with van der Waals surface area (Å²) in [5.41, 5.74) is 8.01. The zero-order valence-electron chi connectivity index (χ0n) is 11.7. The molecule has 19 heavy (non-hydrogen) atoms. The first-order valence-electron chi connectivity index (χ1n) is 6.63. The van der Waals surface area contributed by atoms with Gasteiger partial charge in [0.15, 0.2) is 0 Å². The summed E-state index contributed by atoms with van der Waals surface area (Å²) < 4.78 is 1.14. The van der Waals surface area contributed by atoms with Gasteiger partial charge in [0.1, 0.15) is 0 Å². The van der Waals surface area contributed by atoms with Gasteiger partial charge in [0.05, 0.1) is 0 Å². The van der Waals surface area contributed by atoms with Crippen LogP contribution < -0.4 is 5.73 Å². The number of amides is 1. The number of likely N-dealkylation sites (tertiary alicyclic amines) is 1. The summed E-state index contributed by atoms with van der Waals surface area (Å²) >= 11 is 2.27. The summed E-state index contributed by atoms with van der Waals surface area (Å²) in [4.78, 5) is 14.6. The van der Waals surface area contributed by atoms with Crippen LogP contribution in [0.2, 0.25) is 0 Å². The SMILES string of the molecule is Cc1c(I)cccc1C(=O)N1CCC(N)C(C)(C)C1. The van der Waals surface area contributed by atoms with Crippen molar-refractivity contribution < 1.29 is 4.79 Å². The van der Waals surface area contributed by atoms with Gasteiger partial charge in [0.2, 0.25) is 0 Å². The van der Waals surface area contributed by atoms with Crippen molar-refractivity contribution in [2.45, 2.75) is 33.2 Å². The van der Waals surface area contributed by atoms with Gasteiger partial charge in [0, 0.05) is 28.3 Å². The number of benzene rings is 1. The number of nitrogens with zero attached hydrogens (tertiary/aromatic N) is 1. The first-order chi connectivity index (χ1) is 8.83. The number of hydrogen-bond donors (Lipinski definition) is 1. The monoisotopic (exact) mass is 372 g/mol. The van der Waals surface area contributed by atoms with Crippen LogP contribution in [-0.4, -0.2) is 29.9 Å². The van der Waals surface area contributed by atoms with E-state index in [-0.39, 0.29) is 17.4 Å². The topological polar surface area (TPSA) is 46.3 Å². The molecule has 1 heterocycles. The Kier molecular flexibility index (Phi) is 4.20. The maximum Gasteiger partial charge on any atom is 0.254 e. The van der Waals surface area contributed by atoms with Crippen molar-refractivity contribution in [1.29, 1.82) is 0 Å². The second-order valence-corrected chi connectivity index (χ2v) is 7.19. The molecular formula is C15H21IN2O. The van der Waals surface area contributed by atoms with Crippen LogP contribution in [0.1, 0.15) is 36.2 Å². The molecule has 0 aromatic heterocycles. The zero-order valence-corrected chi connectivity index (χ0v) is 13.9. The minimum Gasteiger partial charge on any atom is -0.338 e. The lowest BCUT2D eigenvalue weighted by atomic mass is 9.79. The molecule has 1 atom stereocenters. The van der Waals surface area contributed by atoms with Gasteiger partial charge >= 0.3 is 0 Å². The molecule has 104 valence electrons. The highest BCUT2D eigenvalue weighted by Crippen LogP contribution is 2.29. The average molecular weight is 372 g/mol. The van der Waals surface area contributed by atoms with E-state index < -0.39 is 0 Å². The normalized spacial score (nSPS) is 22.4. The Labute approximate surface area is 128 Å². The van der Waals surface area contributed by atoms with Crippen LogP contribution in [0.15, 0.2) is 18.2 Å². The van der Waals surface area contributed by atoms with E-state index in [1.165, 1.54) is 0 Å². The number of hydrogen-bond acceptors (Lipinski definition) is 2. The van der Waals surface area contributed by atoms with E-state index in [0.29, 0.717) is 0 Å². The van der Waals surface area contributed by atoms with Gasteiger partial charge in [-0.15, -0.1) is 0 Å². The molecule has 1 aromatic carbocycles. The van der Waals surface area contributed by atoms with Crippen LogP contribution in [0.3, 0.4) is 0 Å². The van der Waals surface area contributed by atoms with Gasteiger partial charge in [-0.05, 0) is 59.0 Å². The number of rotatable bonds is 1. The second kappa shape index (κ2) is 5.40. The third-order valence-corrected chi connectivity index (χ3v) is 5.27. The lowest BCUT2D eigenvalue weighted by molar-refractivity contribution is 0.0532. The van der Waals surface area contributed by atoms with Crippen LogP contribution in [0.5, 0.6) is 0 Å². The average Bonchev–Trinajstić information content (AvgIpc) is 2.35. The largest absolute Gasteiger partial charge is 0.338 e. The summed E-state index contributed by atoms with van der Waals surface area (Å²) in [5.74, 6) is 0.135. The van der Waals surface area contributed by atoms with Crippen molar-refractivity contribution in [1.82, 2.24) is 4.90 Å². The molecule has 2 rings (SSSR count). The molecule has 1 unspecified atom stereocenters. The molecular weight excluding hydrogens is 351 g/mol. The Hall–Kier alpha value is -0.620. The highest BCUT2D eigenvalue weighted by Gasteiger charge is 2.35. The maximum atomic E-state index is 12.6. The van der Waals surface area contributed by atoms with Gasteiger partial charge < -0.3 is 10.6 Å². The van der Waals surface area contributed by atoms with Crippen LogP contribution in [-0.2, 0) is 0 Å². The molecule has 0 saturated carbocycles. The predicted molar refractivity (Wildman–Crippen MR) is 86.2 cm³/mol. The Balaban J connectivity index is 2.23. The molecule has 1 saturated heterocycles. The first-order valence-corrected chi connectivity index (χ1v) is 7.71. The molecule has 0 aliphatic carbocycles. The van der Waals surface area contributed by atoms with Crippen LogP contribution in [0, 0.1) is 15.9 Å². The van der Waals surface area contributed by atoms with Gasteiger partial charge in [-0.25, -0.2) is 0 Å². The lowest BCUT2D eigenvalue weighted by Crippen LogP contribution is -2.54. The Morgan fingerprint density at radius 1 is 1.47 bits per heavy atom. The van der Waals surface area contributed by atoms with Gasteiger partial charge in [-0.2, -0.15) is 0 Å². The first kappa shape index (κ1) is 14.8. The second-order valence-electron chi connectivity index (χ2n) is 6.02. The van der Waals surface area contributed by atoms with Gasteiger partial charge in [-0.1, -0.05) is 19.9 Å². The molecule has 1 fully saturated rings. The third kappa shape index (κ3) is 2.94. The quantitative estimate of drug-likeness (QED) is 0.771. The number of piperidine rings is 1. The van der Waals surface area contributed by atoms with Crippen LogP contribution in [0.25, 0.3) is 0 Å². The predicted octanol–water partition coefficient (Wildman–Crippen LogP) is 2.80. The van der Waals surface area contributed by atoms with Crippen LogP contribution in [0.4, 0.5) is 0 Å². The van der Waals surface area contributed by atoms with E-state index in [1.807, 2.05) is 30.0 Å². The van der Waals surface area contributed by atoms with Crippen LogP contribution >= 0.6 is 22.6 Å². The molecule has 3 nitrogen and oxygen atoms in total.